The Balaban J connectivity index is 1.98. The Morgan fingerprint density at radius 1 is 1.38 bits per heavy atom. The maximum absolute atomic E-state index is 12.2. The summed E-state index contributed by atoms with van der Waals surface area (Å²) in [4.78, 5) is 23.1. The first-order valence-corrected chi connectivity index (χ1v) is 8.07. The van der Waals surface area contributed by atoms with Gasteiger partial charge in [0.2, 0.25) is 5.88 Å². The number of pyridine rings is 1. The third kappa shape index (κ3) is 3.61. The second-order valence-electron chi connectivity index (χ2n) is 5.39. The van der Waals surface area contributed by atoms with Gasteiger partial charge in [0.15, 0.2) is 11.7 Å². The summed E-state index contributed by atoms with van der Waals surface area (Å²) in [6.45, 7) is 0.377. The molecule has 0 atom stereocenters. The van der Waals surface area contributed by atoms with E-state index in [-0.39, 0.29) is 11.7 Å². The van der Waals surface area contributed by atoms with Crippen LogP contribution in [0.1, 0.15) is 16.1 Å². The lowest BCUT2D eigenvalue weighted by Gasteiger charge is -2.07. The van der Waals surface area contributed by atoms with Gasteiger partial charge in [-0.2, -0.15) is 0 Å². The van der Waals surface area contributed by atoms with Crippen molar-refractivity contribution < 1.29 is 9.53 Å². The smallest absolute Gasteiger partial charge is 0.274 e. The summed E-state index contributed by atoms with van der Waals surface area (Å²) in [5.74, 6) is 0.440. The number of aromatic nitrogens is 2. The van der Waals surface area contributed by atoms with Crippen LogP contribution in [0.3, 0.4) is 0 Å². The Bertz CT molecular complexity index is 998. The molecule has 8 nitrogen and oxygen atoms in total. The van der Waals surface area contributed by atoms with Crippen LogP contribution in [0.2, 0.25) is 5.02 Å². The average Bonchev–Trinajstić information content (AvgIpc) is 3.11. The zero-order valence-corrected chi connectivity index (χ0v) is 14.7. The summed E-state index contributed by atoms with van der Waals surface area (Å²) in [6.07, 6.45) is 1.62. The van der Waals surface area contributed by atoms with Crippen LogP contribution >= 0.6 is 11.6 Å². The number of amides is 1. The van der Waals surface area contributed by atoms with Gasteiger partial charge in [0.1, 0.15) is 5.69 Å². The van der Waals surface area contributed by atoms with Gasteiger partial charge in [-0.25, -0.2) is 4.98 Å². The fourth-order valence-electron chi connectivity index (χ4n) is 2.35. The number of halogens is 1. The summed E-state index contributed by atoms with van der Waals surface area (Å²) in [7, 11) is 1.48. The largest absolute Gasteiger partial charge is 0.437 e. The molecule has 2 heterocycles. The van der Waals surface area contributed by atoms with E-state index in [0.29, 0.717) is 34.1 Å². The highest BCUT2D eigenvalue weighted by Crippen LogP contribution is 2.34. The van der Waals surface area contributed by atoms with Crippen molar-refractivity contribution in [3.05, 3.63) is 52.8 Å². The Hall–Kier alpha value is -3.10. The fraction of sp³-hybridized carbons (Fsp3) is 0.118. The molecule has 1 amide bonds. The number of fused-ring (bicyclic) bond motifs is 1. The number of nitrogens with zero attached hydrogens (tertiary/aromatic N) is 2. The van der Waals surface area contributed by atoms with E-state index in [4.69, 9.17) is 27.8 Å². The Morgan fingerprint density at radius 2 is 2.19 bits per heavy atom. The molecule has 6 N–H and O–H groups in total. The second kappa shape index (κ2) is 7.42. The number of guanidine groups is 1. The monoisotopic (exact) mass is 372 g/mol. The van der Waals surface area contributed by atoms with Crippen molar-refractivity contribution in [3.8, 4) is 11.6 Å². The molecule has 0 saturated carbocycles. The molecule has 0 unspecified atom stereocenters. The molecule has 0 saturated heterocycles. The number of hydrogen-bond donors (Lipinski definition) is 4. The lowest BCUT2D eigenvalue weighted by atomic mass is 10.2. The van der Waals surface area contributed by atoms with Gasteiger partial charge in [-0.05, 0) is 29.8 Å². The number of aliphatic imine (C=N–C) groups is 1. The highest BCUT2D eigenvalue weighted by atomic mass is 35.5. The predicted molar refractivity (Wildman–Crippen MR) is 101 cm³/mol. The number of ether oxygens (including phenoxy) is 1. The van der Waals surface area contributed by atoms with Gasteiger partial charge in [0, 0.05) is 31.2 Å². The van der Waals surface area contributed by atoms with Gasteiger partial charge in [-0.1, -0.05) is 11.6 Å². The molecule has 9 heteroatoms. The van der Waals surface area contributed by atoms with Crippen LogP contribution < -0.4 is 21.5 Å². The summed E-state index contributed by atoms with van der Waals surface area (Å²) >= 11 is 6.24. The highest BCUT2D eigenvalue weighted by Gasteiger charge is 2.16. The fourth-order valence-corrected chi connectivity index (χ4v) is 2.56. The van der Waals surface area contributed by atoms with Crippen molar-refractivity contribution in [1.29, 1.82) is 0 Å². The van der Waals surface area contributed by atoms with Gasteiger partial charge in [0.05, 0.1) is 10.5 Å². The number of nitrogens with one attached hydrogen (secondary N) is 2. The third-order valence-corrected chi connectivity index (χ3v) is 4.01. The number of carbonyl (C=O) groups excluding carboxylic acids is 1. The molecule has 0 fully saturated rings. The van der Waals surface area contributed by atoms with E-state index in [9.17, 15) is 4.79 Å². The predicted octanol–water partition coefficient (Wildman–Crippen LogP) is 2.14. The van der Waals surface area contributed by atoms with Crippen molar-refractivity contribution in [2.45, 2.75) is 6.54 Å². The van der Waals surface area contributed by atoms with Crippen LogP contribution in [0.25, 0.3) is 10.9 Å². The summed E-state index contributed by atoms with van der Waals surface area (Å²) in [6, 6.07) is 8.55. The number of H-pyrrole nitrogens is 1. The third-order valence-electron chi connectivity index (χ3n) is 3.68. The lowest BCUT2D eigenvalue weighted by molar-refractivity contribution is 0.0972. The van der Waals surface area contributed by atoms with Crippen LogP contribution in [-0.2, 0) is 6.54 Å². The molecule has 134 valence electrons. The number of nitrogens with two attached hydrogens (primary N) is 2. The first-order valence-electron chi connectivity index (χ1n) is 7.69. The minimum atomic E-state index is -0.436. The van der Waals surface area contributed by atoms with Crippen LogP contribution in [-0.4, -0.2) is 28.9 Å². The van der Waals surface area contributed by atoms with Crippen molar-refractivity contribution in [2.24, 2.45) is 16.5 Å². The number of rotatable bonds is 4. The van der Waals surface area contributed by atoms with Crippen molar-refractivity contribution in [2.75, 3.05) is 7.05 Å². The minimum absolute atomic E-state index is 0.0130. The number of benzene rings is 1. The van der Waals surface area contributed by atoms with E-state index >= 15 is 0 Å². The van der Waals surface area contributed by atoms with Crippen LogP contribution in [0.15, 0.2) is 41.5 Å². The molecule has 0 aliphatic carbocycles. The maximum atomic E-state index is 12.2. The minimum Gasteiger partial charge on any atom is -0.437 e. The molecule has 3 rings (SSSR count). The topological polar surface area (TPSA) is 131 Å². The highest BCUT2D eigenvalue weighted by molar-refractivity contribution is 6.35. The quantitative estimate of drug-likeness (QED) is 0.411. The van der Waals surface area contributed by atoms with Crippen LogP contribution in [0, 0.1) is 0 Å². The molecular formula is C17H17ClN6O2. The Kier molecular flexibility index (Phi) is 5.06. The molecule has 0 aliphatic heterocycles. The lowest BCUT2D eigenvalue weighted by Crippen LogP contribution is -2.36. The van der Waals surface area contributed by atoms with Crippen molar-refractivity contribution in [1.82, 2.24) is 15.3 Å². The van der Waals surface area contributed by atoms with Gasteiger partial charge in [-0.15, -0.1) is 0 Å². The Morgan fingerprint density at radius 3 is 2.92 bits per heavy atom. The Labute approximate surface area is 154 Å². The molecule has 2 aromatic heterocycles. The zero-order chi connectivity index (χ0) is 18.7. The number of hydrogen-bond acceptors (Lipinski definition) is 5. The average molecular weight is 373 g/mol. The molecule has 0 spiro atoms. The van der Waals surface area contributed by atoms with Crippen molar-refractivity contribution >= 4 is 34.4 Å². The molecule has 1 aromatic carbocycles. The van der Waals surface area contributed by atoms with Crippen molar-refractivity contribution in [3.63, 3.8) is 0 Å². The molecule has 26 heavy (non-hydrogen) atoms. The van der Waals surface area contributed by atoms with Gasteiger partial charge < -0.3 is 21.2 Å². The van der Waals surface area contributed by atoms with Crippen LogP contribution in [0.5, 0.6) is 11.6 Å². The standard InChI is InChI=1S/C17H17ClN6O2/c1-21-17(20)24-16(25)12-7-10-11(18)2-3-13(15(10)23-12)26-14-6-9(8-19)4-5-22-14/h2-7,23H,8,19H2,1H3,(H3,20,21,24,25). The normalized spacial score (nSPS) is 11.6. The number of carbonyl (C=O) groups is 1. The SMILES string of the molecule is CN=C(N)NC(=O)c1cc2c(Cl)ccc(Oc3cc(CN)ccn3)c2[nH]1. The zero-order valence-electron chi connectivity index (χ0n) is 13.9. The molecule has 0 aliphatic rings. The van der Waals surface area contributed by atoms with Crippen LogP contribution in [0.4, 0.5) is 0 Å². The van der Waals surface area contributed by atoms with Gasteiger partial charge in [0.25, 0.3) is 5.91 Å². The van der Waals surface area contributed by atoms with E-state index in [2.05, 4.69) is 20.3 Å². The van der Waals surface area contributed by atoms with Gasteiger partial charge in [-0.3, -0.25) is 15.1 Å². The van der Waals surface area contributed by atoms with Gasteiger partial charge >= 0.3 is 0 Å². The first kappa shape index (κ1) is 17.7. The first-order chi connectivity index (χ1) is 12.5. The van der Waals surface area contributed by atoms with E-state index in [0.717, 1.165) is 5.56 Å². The van der Waals surface area contributed by atoms with E-state index < -0.39 is 5.91 Å². The van der Waals surface area contributed by atoms with E-state index in [1.807, 2.05) is 0 Å². The maximum Gasteiger partial charge on any atom is 0.274 e. The van der Waals surface area contributed by atoms with E-state index in [1.54, 1.807) is 36.5 Å². The molecule has 0 bridgehead atoms. The molecule has 3 aromatic rings. The summed E-state index contributed by atoms with van der Waals surface area (Å²) in [5.41, 5.74) is 12.9. The van der Waals surface area contributed by atoms with E-state index in [1.165, 1.54) is 7.05 Å². The summed E-state index contributed by atoms with van der Waals surface area (Å²) in [5, 5.41) is 3.57. The molecule has 0 radical (unpaired) electrons. The second-order valence-corrected chi connectivity index (χ2v) is 5.80. The molecular weight excluding hydrogens is 356 g/mol. The summed E-state index contributed by atoms with van der Waals surface area (Å²) < 4.78 is 5.85. The number of aromatic amines is 1.